The van der Waals surface area contributed by atoms with E-state index in [0.29, 0.717) is 0 Å². The lowest BCUT2D eigenvalue weighted by molar-refractivity contribution is 0.0906. The molecule has 0 unspecified atom stereocenters. The molecular weight excluding hydrogens is 216 g/mol. The number of hydrogen-bond acceptors (Lipinski definition) is 2. The Morgan fingerprint density at radius 1 is 1.25 bits per heavy atom. The molecule has 1 aromatic rings. The topological polar surface area (TPSA) is 20.2 Å². The minimum Gasteiger partial charge on any atom is -0.385 e. The van der Waals surface area contributed by atoms with Crippen LogP contribution in [0.15, 0.2) is 40.1 Å². The molecule has 0 fully saturated rings. The molecule has 16 heavy (non-hydrogen) atoms. The van der Waals surface area contributed by atoms with Gasteiger partial charge in [0, 0.05) is 9.80 Å². The molecule has 0 bridgehead atoms. The largest absolute Gasteiger partial charge is 0.385 e. The first-order chi connectivity index (χ1) is 7.58. The fraction of sp³-hybridized carbons (Fsp3) is 0.429. The van der Waals surface area contributed by atoms with E-state index in [1.54, 1.807) is 11.8 Å². The number of benzene rings is 1. The van der Waals surface area contributed by atoms with Crippen molar-refractivity contribution in [1.29, 1.82) is 0 Å². The highest BCUT2D eigenvalue weighted by Gasteiger charge is 2.28. The van der Waals surface area contributed by atoms with Crippen molar-refractivity contribution in [2.45, 2.75) is 43.6 Å². The van der Waals surface area contributed by atoms with Gasteiger partial charge in [-0.1, -0.05) is 35.5 Å². The minimum absolute atomic E-state index is 0.631. The van der Waals surface area contributed by atoms with Crippen molar-refractivity contribution < 1.29 is 5.11 Å². The zero-order valence-electron chi connectivity index (χ0n) is 9.86. The summed E-state index contributed by atoms with van der Waals surface area (Å²) in [5.41, 5.74) is 0.641. The molecule has 1 aliphatic carbocycles. The van der Waals surface area contributed by atoms with E-state index in [2.05, 4.69) is 37.3 Å². The van der Waals surface area contributed by atoms with Gasteiger partial charge in [-0.2, -0.15) is 0 Å². The van der Waals surface area contributed by atoms with Gasteiger partial charge in [-0.3, -0.25) is 0 Å². The van der Waals surface area contributed by atoms with Crippen molar-refractivity contribution in [1.82, 2.24) is 0 Å². The van der Waals surface area contributed by atoms with E-state index in [0.717, 1.165) is 24.2 Å². The lowest BCUT2D eigenvalue weighted by atomic mass is 9.93. The summed E-state index contributed by atoms with van der Waals surface area (Å²) in [5, 5.41) is 10.3. The summed E-state index contributed by atoms with van der Waals surface area (Å²) in [6.07, 6.45) is 5.22. The molecule has 1 N–H and O–H groups in total. The van der Waals surface area contributed by atoms with Crippen LogP contribution in [0.25, 0.3) is 0 Å². The summed E-state index contributed by atoms with van der Waals surface area (Å²) >= 11 is 1.69. The number of hydrogen-bond donors (Lipinski definition) is 1. The number of thioether (sulfide) groups is 1. The van der Waals surface area contributed by atoms with Crippen molar-refractivity contribution in [3.8, 4) is 0 Å². The van der Waals surface area contributed by atoms with Gasteiger partial charge in [0.15, 0.2) is 0 Å². The van der Waals surface area contributed by atoms with Crippen LogP contribution in [0.4, 0.5) is 0 Å². The predicted octanol–water partition coefficient (Wildman–Crippen LogP) is 3.91. The van der Waals surface area contributed by atoms with Gasteiger partial charge in [-0.05, 0) is 45.2 Å². The van der Waals surface area contributed by atoms with Crippen LogP contribution in [0, 0.1) is 6.92 Å². The van der Waals surface area contributed by atoms with Gasteiger partial charge in [-0.15, -0.1) is 0 Å². The van der Waals surface area contributed by atoms with Crippen molar-refractivity contribution in [2.24, 2.45) is 0 Å². The van der Waals surface area contributed by atoms with E-state index in [9.17, 15) is 5.11 Å². The number of aliphatic hydroxyl groups is 1. The van der Waals surface area contributed by atoms with Gasteiger partial charge in [0.05, 0.1) is 5.60 Å². The fourth-order valence-corrected chi connectivity index (χ4v) is 2.96. The molecule has 0 saturated heterocycles. The highest BCUT2D eigenvalue weighted by molar-refractivity contribution is 8.03. The first-order valence-electron chi connectivity index (χ1n) is 5.75. The average Bonchev–Trinajstić information content (AvgIpc) is 2.24. The molecule has 0 saturated carbocycles. The van der Waals surface area contributed by atoms with Crippen molar-refractivity contribution in [3.05, 3.63) is 40.8 Å². The highest BCUT2D eigenvalue weighted by atomic mass is 32.2. The third kappa shape index (κ3) is 2.69. The second-order valence-electron chi connectivity index (χ2n) is 4.65. The van der Waals surface area contributed by atoms with Gasteiger partial charge in [0.25, 0.3) is 0 Å². The van der Waals surface area contributed by atoms with Crippen LogP contribution in [-0.4, -0.2) is 10.7 Å². The molecule has 2 rings (SSSR count). The molecular formula is C14H18OS. The third-order valence-corrected chi connectivity index (χ3v) is 4.31. The van der Waals surface area contributed by atoms with Crippen LogP contribution >= 0.6 is 11.8 Å². The van der Waals surface area contributed by atoms with E-state index in [1.165, 1.54) is 10.5 Å². The predicted molar refractivity (Wildman–Crippen MR) is 69.6 cm³/mol. The molecule has 0 aromatic heterocycles. The Labute approximate surface area is 102 Å². The lowest BCUT2D eigenvalue weighted by Crippen LogP contribution is -2.27. The molecule has 0 radical (unpaired) electrons. The van der Waals surface area contributed by atoms with Gasteiger partial charge >= 0.3 is 0 Å². The molecule has 0 heterocycles. The Bertz CT molecular complexity index is 390. The average molecular weight is 234 g/mol. The van der Waals surface area contributed by atoms with E-state index in [-0.39, 0.29) is 0 Å². The highest BCUT2D eigenvalue weighted by Crippen LogP contribution is 2.39. The maximum atomic E-state index is 10.3. The van der Waals surface area contributed by atoms with Crippen molar-refractivity contribution >= 4 is 11.8 Å². The molecule has 2 heteroatoms. The standard InChI is InChI=1S/C14H18OS/c1-11-6-8-12(9-7-11)16-13-5-3-4-10-14(13,2)15/h5-9,15H,3-4,10H2,1-2H3/t14-/m1/s1. The number of allylic oxidation sites excluding steroid dienone is 1. The summed E-state index contributed by atoms with van der Waals surface area (Å²) in [5.74, 6) is 0. The molecule has 1 aliphatic rings. The van der Waals surface area contributed by atoms with Gasteiger partial charge < -0.3 is 5.11 Å². The Morgan fingerprint density at radius 3 is 2.56 bits per heavy atom. The number of rotatable bonds is 2. The Balaban J connectivity index is 2.15. The van der Waals surface area contributed by atoms with Crippen LogP contribution in [0.2, 0.25) is 0 Å². The Hall–Kier alpha value is -0.730. The van der Waals surface area contributed by atoms with Gasteiger partial charge in [0.2, 0.25) is 0 Å². The second kappa shape index (κ2) is 4.64. The first kappa shape index (κ1) is 11.7. The summed E-state index contributed by atoms with van der Waals surface area (Å²) in [6.45, 7) is 4.00. The third-order valence-electron chi connectivity index (χ3n) is 2.98. The van der Waals surface area contributed by atoms with Crippen LogP contribution in [0.3, 0.4) is 0 Å². The molecule has 1 atom stereocenters. The van der Waals surface area contributed by atoms with Crippen LogP contribution in [-0.2, 0) is 0 Å². The Morgan fingerprint density at radius 2 is 1.94 bits per heavy atom. The smallest absolute Gasteiger partial charge is 0.0926 e. The van der Waals surface area contributed by atoms with Gasteiger partial charge in [0.1, 0.15) is 0 Å². The quantitative estimate of drug-likeness (QED) is 0.837. The zero-order chi connectivity index (χ0) is 11.6. The van der Waals surface area contributed by atoms with Crippen LogP contribution in [0.1, 0.15) is 31.7 Å². The molecule has 0 aliphatic heterocycles. The molecule has 0 amide bonds. The van der Waals surface area contributed by atoms with Crippen molar-refractivity contribution in [3.63, 3.8) is 0 Å². The first-order valence-corrected chi connectivity index (χ1v) is 6.57. The van der Waals surface area contributed by atoms with Crippen molar-refractivity contribution in [2.75, 3.05) is 0 Å². The molecule has 86 valence electrons. The maximum Gasteiger partial charge on any atom is 0.0926 e. The molecule has 0 spiro atoms. The zero-order valence-corrected chi connectivity index (χ0v) is 10.7. The van der Waals surface area contributed by atoms with E-state index in [1.807, 2.05) is 6.92 Å². The van der Waals surface area contributed by atoms with E-state index < -0.39 is 5.60 Å². The second-order valence-corrected chi connectivity index (χ2v) is 5.76. The molecule has 1 aromatic carbocycles. The number of aryl methyl sites for hydroxylation is 1. The SMILES string of the molecule is Cc1ccc(SC2=CCCC[C@@]2(C)O)cc1. The van der Waals surface area contributed by atoms with Crippen LogP contribution in [0.5, 0.6) is 0 Å². The monoisotopic (exact) mass is 234 g/mol. The summed E-state index contributed by atoms with van der Waals surface area (Å²) in [7, 11) is 0. The summed E-state index contributed by atoms with van der Waals surface area (Å²) in [6, 6.07) is 8.46. The fourth-order valence-electron chi connectivity index (χ4n) is 1.91. The van der Waals surface area contributed by atoms with E-state index >= 15 is 0 Å². The lowest BCUT2D eigenvalue weighted by Gasteiger charge is -2.29. The molecule has 1 nitrogen and oxygen atoms in total. The van der Waals surface area contributed by atoms with Gasteiger partial charge in [-0.25, -0.2) is 0 Å². The normalized spacial score (nSPS) is 25.3. The maximum absolute atomic E-state index is 10.3. The summed E-state index contributed by atoms with van der Waals surface area (Å²) < 4.78 is 0. The van der Waals surface area contributed by atoms with Crippen LogP contribution < -0.4 is 0 Å². The minimum atomic E-state index is -0.631. The summed E-state index contributed by atoms with van der Waals surface area (Å²) in [4.78, 5) is 2.31. The Kier molecular flexibility index (Phi) is 3.41. The van der Waals surface area contributed by atoms with E-state index in [4.69, 9.17) is 0 Å².